The molecule has 1 unspecified atom stereocenters. The molecule has 0 aliphatic carbocycles. The Labute approximate surface area is 121 Å². The van der Waals surface area contributed by atoms with Crippen molar-refractivity contribution < 1.29 is 17.9 Å². The van der Waals surface area contributed by atoms with Gasteiger partial charge in [-0.3, -0.25) is 4.79 Å². The monoisotopic (exact) mass is 304 g/mol. The van der Waals surface area contributed by atoms with Crippen LogP contribution in [0.1, 0.15) is 26.7 Å². The van der Waals surface area contributed by atoms with Crippen molar-refractivity contribution in [2.45, 2.75) is 32.8 Å². The molecule has 0 N–H and O–H groups in total. The van der Waals surface area contributed by atoms with Gasteiger partial charge in [-0.15, -0.1) is 0 Å². The number of hydrogen-bond acceptors (Lipinski definition) is 4. The minimum atomic E-state index is -3.12. The number of rotatable bonds is 3. The van der Waals surface area contributed by atoms with Crippen molar-refractivity contribution in [2.24, 2.45) is 5.92 Å². The highest BCUT2D eigenvalue weighted by Crippen LogP contribution is 2.22. The van der Waals surface area contributed by atoms with Crippen molar-refractivity contribution in [3.63, 3.8) is 0 Å². The number of piperidine rings is 1. The Hall–Kier alpha value is -0.660. The molecular formula is C13H24N2O4S. The van der Waals surface area contributed by atoms with Gasteiger partial charge in [0.1, 0.15) is 0 Å². The van der Waals surface area contributed by atoms with Gasteiger partial charge in [0.2, 0.25) is 15.9 Å². The van der Waals surface area contributed by atoms with E-state index in [0.717, 1.165) is 0 Å². The molecule has 0 bridgehead atoms. The zero-order valence-electron chi connectivity index (χ0n) is 12.2. The van der Waals surface area contributed by atoms with Crippen LogP contribution in [0.3, 0.4) is 0 Å². The number of carbonyl (C=O) groups is 1. The number of sulfonamides is 1. The second kappa shape index (κ2) is 6.41. The first kappa shape index (κ1) is 15.7. The van der Waals surface area contributed by atoms with Crippen LogP contribution in [0.25, 0.3) is 0 Å². The topological polar surface area (TPSA) is 66.9 Å². The summed E-state index contributed by atoms with van der Waals surface area (Å²) in [7, 11) is -3.12. The lowest BCUT2D eigenvalue weighted by Crippen LogP contribution is -2.49. The van der Waals surface area contributed by atoms with Gasteiger partial charge in [-0.25, -0.2) is 12.7 Å². The minimum absolute atomic E-state index is 0.0383. The molecule has 2 heterocycles. The molecule has 1 amide bonds. The summed E-state index contributed by atoms with van der Waals surface area (Å²) in [5.74, 6) is 0.254. The highest BCUT2D eigenvalue weighted by atomic mass is 32.2. The standard InChI is InChI=1S/C13H24N2O4S/c1-3-20(17,18)15-6-4-12(5-7-15)13(16)14-8-9-19-11(2)10-14/h11-12H,3-10H2,1-2H3. The maximum Gasteiger partial charge on any atom is 0.225 e. The molecular weight excluding hydrogens is 280 g/mol. The zero-order valence-corrected chi connectivity index (χ0v) is 13.1. The molecule has 116 valence electrons. The molecule has 0 aromatic heterocycles. The van der Waals surface area contributed by atoms with Crippen LogP contribution < -0.4 is 0 Å². The second-order valence-corrected chi connectivity index (χ2v) is 7.80. The van der Waals surface area contributed by atoms with E-state index in [2.05, 4.69) is 0 Å². The summed E-state index contributed by atoms with van der Waals surface area (Å²) in [4.78, 5) is 14.3. The third-order valence-corrected chi connectivity index (χ3v) is 6.00. The fraction of sp³-hybridized carbons (Fsp3) is 0.923. The number of carbonyl (C=O) groups excluding carboxylic acids is 1. The van der Waals surface area contributed by atoms with Crippen LogP contribution in [-0.4, -0.2) is 68.2 Å². The van der Waals surface area contributed by atoms with E-state index in [1.165, 1.54) is 4.31 Å². The Morgan fingerprint density at radius 2 is 1.90 bits per heavy atom. The first-order chi connectivity index (χ1) is 9.44. The van der Waals surface area contributed by atoms with E-state index >= 15 is 0 Å². The molecule has 1 atom stereocenters. The van der Waals surface area contributed by atoms with Gasteiger partial charge in [-0.2, -0.15) is 0 Å². The third-order valence-electron chi connectivity index (χ3n) is 4.11. The first-order valence-electron chi connectivity index (χ1n) is 7.32. The molecule has 2 saturated heterocycles. The van der Waals surface area contributed by atoms with Crippen LogP contribution in [0.5, 0.6) is 0 Å². The summed E-state index contributed by atoms with van der Waals surface area (Å²) >= 11 is 0. The number of morpholine rings is 1. The summed E-state index contributed by atoms with van der Waals surface area (Å²) in [6, 6.07) is 0. The summed E-state index contributed by atoms with van der Waals surface area (Å²) in [6.07, 6.45) is 1.35. The lowest BCUT2D eigenvalue weighted by atomic mass is 9.96. The smallest absolute Gasteiger partial charge is 0.225 e. The normalized spacial score (nSPS) is 26.7. The predicted octanol–water partition coefficient (Wildman–Crippen LogP) is 0.295. The molecule has 2 aliphatic heterocycles. The molecule has 0 aromatic rings. The van der Waals surface area contributed by atoms with Gasteiger partial charge < -0.3 is 9.64 Å². The zero-order chi connectivity index (χ0) is 14.8. The van der Waals surface area contributed by atoms with E-state index in [9.17, 15) is 13.2 Å². The minimum Gasteiger partial charge on any atom is -0.375 e. The van der Waals surface area contributed by atoms with Gasteiger partial charge in [0.05, 0.1) is 18.5 Å². The number of amides is 1. The maximum atomic E-state index is 12.4. The maximum absolute atomic E-state index is 12.4. The number of nitrogens with zero attached hydrogens (tertiary/aromatic N) is 2. The fourth-order valence-corrected chi connectivity index (χ4v) is 3.97. The van der Waals surface area contributed by atoms with Crippen molar-refractivity contribution in [2.75, 3.05) is 38.5 Å². The van der Waals surface area contributed by atoms with Gasteiger partial charge >= 0.3 is 0 Å². The SMILES string of the molecule is CCS(=O)(=O)N1CCC(C(=O)N2CCOC(C)C2)CC1. The van der Waals surface area contributed by atoms with Gasteiger partial charge in [0.15, 0.2) is 0 Å². The van der Waals surface area contributed by atoms with Crippen molar-refractivity contribution in [3.05, 3.63) is 0 Å². The lowest BCUT2D eigenvalue weighted by molar-refractivity contribution is -0.143. The van der Waals surface area contributed by atoms with E-state index < -0.39 is 10.0 Å². The molecule has 7 heteroatoms. The van der Waals surface area contributed by atoms with Gasteiger partial charge in [0, 0.05) is 32.1 Å². The van der Waals surface area contributed by atoms with Crippen molar-refractivity contribution >= 4 is 15.9 Å². The Balaban J connectivity index is 1.89. The average molecular weight is 304 g/mol. The molecule has 0 radical (unpaired) electrons. The van der Waals surface area contributed by atoms with Gasteiger partial charge in [0.25, 0.3) is 0 Å². The van der Waals surface area contributed by atoms with Crippen LogP contribution in [-0.2, 0) is 19.6 Å². The molecule has 0 saturated carbocycles. The molecule has 0 aromatic carbocycles. The molecule has 0 spiro atoms. The van der Waals surface area contributed by atoms with Crippen LogP contribution in [0.15, 0.2) is 0 Å². The number of hydrogen-bond donors (Lipinski definition) is 0. The molecule has 20 heavy (non-hydrogen) atoms. The Kier molecular flexibility index (Phi) is 5.04. The summed E-state index contributed by atoms with van der Waals surface area (Å²) < 4.78 is 30.5. The highest BCUT2D eigenvalue weighted by molar-refractivity contribution is 7.89. The quantitative estimate of drug-likeness (QED) is 0.752. The Morgan fingerprint density at radius 3 is 2.45 bits per heavy atom. The van der Waals surface area contributed by atoms with E-state index in [1.807, 2.05) is 11.8 Å². The Morgan fingerprint density at radius 1 is 1.25 bits per heavy atom. The Bertz CT molecular complexity index is 443. The largest absolute Gasteiger partial charge is 0.375 e. The van der Waals surface area contributed by atoms with Crippen molar-refractivity contribution in [1.29, 1.82) is 0 Å². The molecule has 6 nitrogen and oxygen atoms in total. The summed E-state index contributed by atoms with van der Waals surface area (Å²) in [5.41, 5.74) is 0. The van der Waals surface area contributed by atoms with E-state index in [-0.39, 0.29) is 23.7 Å². The van der Waals surface area contributed by atoms with Gasteiger partial charge in [-0.1, -0.05) is 0 Å². The van der Waals surface area contributed by atoms with E-state index in [1.54, 1.807) is 6.92 Å². The van der Waals surface area contributed by atoms with Gasteiger partial charge in [-0.05, 0) is 26.7 Å². The lowest BCUT2D eigenvalue weighted by Gasteiger charge is -2.36. The van der Waals surface area contributed by atoms with E-state index in [0.29, 0.717) is 45.6 Å². The number of ether oxygens (including phenoxy) is 1. The van der Waals surface area contributed by atoms with Crippen LogP contribution in [0.4, 0.5) is 0 Å². The molecule has 2 rings (SSSR count). The summed E-state index contributed by atoms with van der Waals surface area (Å²) in [6.45, 7) is 6.44. The first-order valence-corrected chi connectivity index (χ1v) is 8.93. The van der Waals surface area contributed by atoms with Crippen molar-refractivity contribution in [3.8, 4) is 0 Å². The molecule has 2 aliphatic rings. The van der Waals surface area contributed by atoms with Crippen LogP contribution in [0.2, 0.25) is 0 Å². The fourth-order valence-electron chi connectivity index (χ4n) is 2.84. The van der Waals surface area contributed by atoms with Crippen LogP contribution in [0, 0.1) is 5.92 Å². The second-order valence-electron chi connectivity index (χ2n) is 5.54. The highest BCUT2D eigenvalue weighted by Gasteiger charge is 2.33. The predicted molar refractivity (Wildman–Crippen MR) is 75.8 cm³/mol. The van der Waals surface area contributed by atoms with E-state index in [4.69, 9.17) is 4.74 Å². The molecule has 2 fully saturated rings. The third kappa shape index (κ3) is 3.51. The average Bonchev–Trinajstić information content (AvgIpc) is 2.46. The van der Waals surface area contributed by atoms with Crippen LogP contribution >= 0.6 is 0 Å². The van der Waals surface area contributed by atoms with Crippen molar-refractivity contribution in [1.82, 2.24) is 9.21 Å². The summed E-state index contributed by atoms with van der Waals surface area (Å²) in [5, 5.41) is 0.